The van der Waals surface area contributed by atoms with Crippen LogP contribution in [0.15, 0.2) is 54.1 Å². The summed E-state index contributed by atoms with van der Waals surface area (Å²) in [7, 11) is 1.59. The number of allylic oxidation sites excluding steroid dienone is 3. The third-order valence-corrected chi connectivity index (χ3v) is 4.78. The number of hydrogen-bond acceptors (Lipinski definition) is 2. The first-order valence-electron chi connectivity index (χ1n) is 7.56. The Kier molecular flexibility index (Phi) is 4.79. The van der Waals surface area contributed by atoms with Crippen molar-refractivity contribution in [3.8, 4) is 5.75 Å². The number of carbonyl (C=O) groups is 1. The largest absolute Gasteiger partial charge is 0.497 e. The highest BCUT2D eigenvalue weighted by Crippen LogP contribution is 2.40. The molecule has 0 N–H and O–H groups in total. The third-order valence-electron chi connectivity index (χ3n) is 4.20. The molecule has 0 spiro atoms. The van der Waals surface area contributed by atoms with Gasteiger partial charge in [-0.3, -0.25) is 4.79 Å². The molecule has 0 amide bonds. The fraction of sp³-hybridized carbons (Fsp3) is 0.150. The Hall–Kier alpha value is -2.03. The Morgan fingerprint density at radius 3 is 2.58 bits per heavy atom. The van der Waals surface area contributed by atoms with E-state index in [9.17, 15) is 4.79 Å². The van der Waals surface area contributed by atoms with E-state index in [4.69, 9.17) is 27.9 Å². The van der Waals surface area contributed by atoms with Crippen molar-refractivity contribution in [2.75, 3.05) is 7.11 Å². The maximum atomic E-state index is 12.2. The van der Waals surface area contributed by atoms with Crippen LogP contribution in [0, 0.1) is 6.92 Å². The van der Waals surface area contributed by atoms with E-state index in [1.165, 1.54) is 0 Å². The minimum Gasteiger partial charge on any atom is -0.497 e. The molecule has 0 aliphatic heterocycles. The summed E-state index contributed by atoms with van der Waals surface area (Å²) >= 11 is 12.5. The normalized spacial score (nSPS) is 13.9. The molecule has 0 saturated heterocycles. The van der Waals surface area contributed by atoms with Crippen molar-refractivity contribution in [3.05, 3.63) is 76.4 Å². The summed E-state index contributed by atoms with van der Waals surface area (Å²) in [4.78, 5) is 12.2. The van der Waals surface area contributed by atoms with Crippen LogP contribution in [0.2, 0.25) is 0 Å². The lowest BCUT2D eigenvalue weighted by Crippen LogP contribution is -2.01. The molecule has 24 heavy (non-hydrogen) atoms. The summed E-state index contributed by atoms with van der Waals surface area (Å²) in [5.74, 6) is 0.677. The summed E-state index contributed by atoms with van der Waals surface area (Å²) in [5, 5.41) is -0.223. The van der Waals surface area contributed by atoms with Crippen LogP contribution in [0.1, 0.15) is 22.3 Å². The smallest absolute Gasteiger partial charge is 0.254 e. The van der Waals surface area contributed by atoms with Crippen molar-refractivity contribution in [1.29, 1.82) is 0 Å². The Balaban J connectivity index is 2.19. The average molecular weight is 359 g/mol. The van der Waals surface area contributed by atoms with Crippen molar-refractivity contribution in [3.63, 3.8) is 0 Å². The lowest BCUT2D eigenvalue weighted by atomic mass is 9.96. The molecule has 4 heteroatoms. The topological polar surface area (TPSA) is 26.3 Å². The molecule has 2 aromatic carbocycles. The second kappa shape index (κ2) is 6.84. The molecule has 0 bridgehead atoms. The lowest BCUT2D eigenvalue weighted by molar-refractivity contribution is -0.108. The summed E-state index contributed by atoms with van der Waals surface area (Å²) in [6.07, 6.45) is 2.76. The highest BCUT2D eigenvalue weighted by atomic mass is 35.5. The number of benzene rings is 2. The Labute approximate surface area is 151 Å². The van der Waals surface area contributed by atoms with Gasteiger partial charge >= 0.3 is 0 Å². The molecule has 1 aliphatic rings. The van der Waals surface area contributed by atoms with Crippen molar-refractivity contribution >= 4 is 39.0 Å². The maximum absolute atomic E-state index is 12.2. The fourth-order valence-electron chi connectivity index (χ4n) is 2.93. The molecular formula is C20H16Cl2O2. The molecule has 3 rings (SSSR count). The van der Waals surface area contributed by atoms with Crippen molar-refractivity contribution < 1.29 is 9.53 Å². The summed E-state index contributed by atoms with van der Waals surface area (Å²) in [5.41, 5.74) is 4.97. The molecule has 0 aromatic heterocycles. The van der Waals surface area contributed by atoms with Crippen LogP contribution in [-0.2, 0) is 11.2 Å². The number of carbonyl (C=O) groups excluding carboxylic acids is 1. The molecular weight excluding hydrogens is 343 g/mol. The van der Waals surface area contributed by atoms with Crippen LogP contribution in [-0.4, -0.2) is 12.4 Å². The molecule has 1 aliphatic carbocycles. The Morgan fingerprint density at radius 2 is 1.88 bits per heavy atom. The second-order valence-corrected chi connectivity index (χ2v) is 6.34. The Bertz CT molecular complexity index is 879. The molecule has 0 fully saturated rings. The zero-order valence-electron chi connectivity index (χ0n) is 13.4. The van der Waals surface area contributed by atoms with Gasteiger partial charge in [0.25, 0.3) is 5.24 Å². The van der Waals surface area contributed by atoms with Crippen LogP contribution in [0.25, 0.3) is 10.6 Å². The lowest BCUT2D eigenvalue weighted by Gasteiger charge is -2.13. The van der Waals surface area contributed by atoms with E-state index in [2.05, 4.69) is 0 Å². The molecule has 2 aromatic rings. The minimum absolute atomic E-state index is 0.333. The molecule has 2 nitrogen and oxygen atoms in total. The highest BCUT2D eigenvalue weighted by Gasteiger charge is 2.25. The first-order chi connectivity index (χ1) is 11.5. The van der Waals surface area contributed by atoms with Gasteiger partial charge in [-0.15, -0.1) is 0 Å². The van der Waals surface area contributed by atoms with Crippen molar-refractivity contribution in [1.82, 2.24) is 0 Å². The fourth-order valence-corrected chi connectivity index (χ4v) is 3.57. The SMILES string of the molecule is COc1ccc(C)c(/C(Cl)=C(\C(=O)Cl)C2=CCc3ccccc32)c1. The zero-order valence-corrected chi connectivity index (χ0v) is 14.9. The third kappa shape index (κ3) is 3.00. The predicted octanol–water partition coefficient (Wildman–Crippen LogP) is 5.36. The van der Waals surface area contributed by atoms with Gasteiger partial charge in [-0.25, -0.2) is 0 Å². The predicted molar refractivity (Wildman–Crippen MR) is 99.5 cm³/mol. The number of ether oxygens (including phenoxy) is 1. The van der Waals surface area contributed by atoms with Gasteiger partial charge in [-0.05, 0) is 59.3 Å². The van der Waals surface area contributed by atoms with Crippen LogP contribution in [0.5, 0.6) is 5.75 Å². The van der Waals surface area contributed by atoms with Gasteiger partial charge in [-0.1, -0.05) is 48.0 Å². The van der Waals surface area contributed by atoms with E-state index in [1.54, 1.807) is 7.11 Å². The van der Waals surface area contributed by atoms with Gasteiger partial charge in [0.2, 0.25) is 0 Å². The molecule has 122 valence electrons. The highest BCUT2D eigenvalue weighted by molar-refractivity contribution is 6.72. The Morgan fingerprint density at radius 1 is 1.12 bits per heavy atom. The summed E-state index contributed by atoms with van der Waals surface area (Å²) in [6.45, 7) is 1.93. The van der Waals surface area contributed by atoms with Crippen molar-refractivity contribution in [2.45, 2.75) is 13.3 Å². The van der Waals surface area contributed by atoms with E-state index < -0.39 is 5.24 Å². The van der Waals surface area contributed by atoms with E-state index in [1.807, 2.05) is 55.5 Å². The van der Waals surface area contributed by atoms with Gasteiger partial charge in [0.15, 0.2) is 0 Å². The van der Waals surface area contributed by atoms with Gasteiger partial charge in [0.1, 0.15) is 5.75 Å². The summed E-state index contributed by atoms with van der Waals surface area (Å²) < 4.78 is 5.27. The van der Waals surface area contributed by atoms with E-state index >= 15 is 0 Å². The number of methoxy groups -OCH3 is 1. The van der Waals surface area contributed by atoms with Gasteiger partial charge in [0.05, 0.1) is 17.7 Å². The molecule has 0 radical (unpaired) electrons. The molecule has 0 atom stereocenters. The first kappa shape index (κ1) is 16.8. The average Bonchev–Trinajstić information content (AvgIpc) is 2.99. The number of aryl methyl sites for hydroxylation is 1. The standard InChI is InChI=1S/C20H16Cl2O2/c1-12-7-9-14(24-2)11-17(12)19(21)18(20(22)23)16-10-8-13-5-3-4-6-15(13)16/h3-7,9-11H,8H2,1-2H3/b19-18+. The van der Waals surface area contributed by atoms with Gasteiger partial charge < -0.3 is 4.74 Å². The number of hydrogen-bond donors (Lipinski definition) is 0. The monoisotopic (exact) mass is 358 g/mol. The quantitative estimate of drug-likeness (QED) is 0.543. The maximum Gasteiger partial charge on any atom is 0.254 e. The van der Waals surface area contributed by atoms with E-state index in [0.717, 1.165) is 34.2 Å². The van der Waals surface area contributed by atoms with Crippen LogP contribution < -0.4 is 4.74 Å². The number of halogens is 2. The van der Waals surface area contributed by atoms with Gasteiger partial charge in [-0.2, -0.15) is 0 Å². The molecule has 0 heterocycles. The van der Waals surface area contributed by atoms with Crippen LogP contribution in [0.3, 0.4) is 0 Å². The van der Waals surface area contributed by atoms with E-state index in [-0.39, 0.29) is 0 Å². The van der Waals surface area contributed by atoms with Gasteiger partial charge in [0, 0.05) is 5.56 Å². The van der Waals surface area contributed by atoms with Crippen LogP contribution in [0.4, 0.5) is 0 Å². The second-order valence-electron chi connectivity index (χ2n) is 5.62. The minimum atomic E-state index is -0.565. The number of rotatable bonds is 4. The van der Waals surface area contributed by atoms with Crippen LogP contribution >= 0.6 is 23.2 Å². The number of fused-ring (bicyclic) bond motifs is 1. The zero-order chi connectivity index (χ0) is 17.3. The van der Waals surface area contributed by atoms with Crippen molar-refractivity contribution in [2.24, 2.45) is 0 Å². The molecule has 0 saturated carbocycles. The summed E-state index contributed by atoms with van der Waals surface area (Å²) in [6, 6.07) is 13.5. The first-order valence-corrected chi connectivity index (χ1v) is 8.32. The molecule has 0 unspecified atom stereocenters. The van der Waals surface area contributed by atoms with E-state index in [0.29, 0.717) is 16.4 Å².